The summed E-state index contributed by atoms with van der Waals surface area (Å²) in [6.07, 6.45) is 0. The van der Waals surface area contributed by atoms with Crippen molar-refractivity contribution < 1.29 is 5.48 Å². The second-order valence-electron chi connectivity index (χ2n) is 1.89. The van der Waals surface area contributed by atoms with Crippen molar-refractivity contribution in [3.63, 3.8) is 0 Å². The van der Waals surface area contributed by atoms with Crippen LogP contribution in [0.1, 0.15) is 0 Å². The standard InChI is InChI=1S/C6H7BrN2O/c7-4-1-2-5(8)6(3-4)9-10/h1-3H,8-9H2. The Labute approximate surface area is 66.9 Å². The van der Waals surface area contributed by atoms with Crippen LogP contribution >= 0.6 is 15.9 Å². The van der Waals surface area contributed by atoms with Gasteiger partial charge in [-0.3, -0.25) is 0 Å². The van der Waals surface area contributed by atoms with Crippen molar-refractivity contribution in [2.24, 2.45) is 0 Å². The van der Waals surface area contributed by atoms with Crippen molar-refractivity contribution in [2.45, 2.75) is 0 Å². The molecule has 10 heavy (non-hydrogen) atoms. The smallest absolute Gasteiger partial charge is 0.153 e. The summed E-state index contributed by atoms with van der Waals surface area (Å²) >= 11 is 3.22. The van der Waals surface area contributed by atoms with Crippen molar-refractivity contribution in [3.8, 4) is 0 Å². The maximum atomic E-state index is 10.3. The second-order valence-corrected chi connectivity index (χ2v) is 2.81. The Morgan fingerprint density at radius 1 is 1.50 bits per heavy atom. The number of nitrogen functional groups attached to an aromatic ring is 1. The number of nitrogens with two attached hydrogens (primary N) is 2. The molecular weight excluding hydrogens is 196 g/mol. The summed E-state index contributed by atoms with van der Waals surface area (Å²) in [7, 11) is 0. The highest BCUT2D eigenvalue weighted by atomic mass is 79.9. The zero-order valence-electron chi connectivity index (χ0n) is 5.17. The number of anilines is 1. The van der Waals surface area contributed by atoms with E-state index >= 15 is 0 Å². The Hall–Kier alpha value is -0.580. The second kappa shape index (κ2) is 3.01. The van der Waals surface area contributed by atoms with Gasteiger partial charge in [0.05, 0.1) is 5.69 Å². The maximum Gasteiger partial charge on any atom is 0.153 e. The fourth-order valence-electron chi connectivity index (χ4n) is 0.648. The van der Waals surface area contributed by atoms with E-state index in [4.69, 9.17) is 5.73 Å². The summed E-state index contributed by atoms with van der Waals surface area (Å²) in [4.78, 5) is 0. The third-order valence-electron chi connectivity index (χ3n) is 1.18. The Kier molecular flexibility index (Phi) is 2.26. The topological polar surface area (TPSA) is 65.7 Å². The average molecular weight is 203 g/mol. The largest absolute Gasteiger partial charge is 0.630 e. The average Bonchev–Trinajstić information content (AvgIpc) is 1.94. The molecule has 0 bridgehead atoms. The van der Waals surface area contributed by atoms with Gasteiger partial charge in [-0.05, 0) is 12.1 Å². The summed E-state index contributed by atoms with van der Waals surface area (Å²) in [6.45, 7) is 0. The molecule has 1 rings (SSSR count). The molecule has 4 N–H and O–H groups in total. The minimum atomic E-state index is 0.512. The van der Waals surface area contributed by atoms with Crippen LogP contribution in [0.15, 0.2) is 22.7 Å². The zero-order chi connectivity index (χ0) is 7.56. The lowest BCUT2D eigenvalue weighted by molar-refractivity contribution is -0.496. The summed E-state index contributed by atoms with van der Waals surface area (Å²) in [5.74, 6) is 0. The lowest BCUT2D eigenvalue weighted by atomic mass is 10.3. The van der Waals surface area contributed by atoms with Crippen LogP contribution in [0, 0.1) is 5.21 Å². The van der Waals surface area contributed by atoms with E-state index in [9.17, 15) is 5.21 Å². The van der Waals surface area contributed by atoms with Gasteiger partial charge in [-0.2, -0.15) is 0 Å². The molecule has 0 spiro atoms. The minimum Gasteiger partial charge on any atom is -0.630 e. The molecule has 0 heterocycles. The molecule has 0 radical (unpaired) electrons. The molecule has 0 amide bonds. The lowest BCUT2D eigenvalue weighted by Crippen LogP contribution is -2.70. The van der Waals surface area contributed by atoms with Gasteiger partial charge in [-0.15, -0.1) is 0 Å². The van der Waals surface area contributed by atoms with E-state index in [1.165, 1.54) is 0 Å². The van der Waals surface area contributed by atoms with Crippen LogP contribution in [0.2, 0.25) is 0 Å². The molecule has 1 aromatic rings. The van der Waals surface area contributed by atoms with E-state index in [2.05, 4.69) is 15.9 Å². The van der Waals surface area contributed by atoms with Crippen molar-refractivity contribution in [2.75, 3.05) is 5.73 Å². The summed E-state index contributed by atoms with van der Waals surface area (Å²) < 4.78 is 0.865. The molecule has 1 aromatic carbocycles. The number of benzene rings is 1. The van der Waals surface area contributed by atoms with Gasteiger partial charge in [0.2, 0.25) is 0 Å². The normalized spacial score (nSPS) is 9.80. The highest BCUT2D eigenvalue weighted by Gasteiger charge is 1.97. The van der Waals surface area contributed by atoms with Gasteiger partial charge in [0.25, 0.3) is 0 Å². The fourth-order valence-corrected chi connectivity index (χ4v) is 1.03. The summed E-state index contributed by atoms with van der Waals surface area (Å²) in [5, 5.41) is 10.3. The first-order valence-electron chi connectivity index (χ1n) is 2.74. The highest BCUT2D eigenvalue weighted by molar-refractivity contribution is 9.10. The quantitative estimate of drug-likeness (QED) is 0.521. The molecule has 0 saturated heterocycles. The number of quaternary nitrogens is 1. The molecule has 0 unspecified atom stereocenters. The van der Waals surface area contributed by atoms with Crippen LogP contribution in [0.3, 0.4) is 0 Å². The monoisotopic (exact) mass is 202 g/mol. The van der Waals surface area contributed by atoms with Crippen LogP contribution in [0.5, 0.6) is 0 Å². The van der Waals surface area contributed by atoms with E-state index in [1.54, 1.807) is 18.2 Å². The molecule has 54 valence electrons. The maximum absolute atomic E-state index is 10.3. The van der Waals surface area contributed by atoms with Gasteiger partial charge >= 0.3 is 0 Å². The van der Waals surface area contributed by atoms with Crippen molar-refractivity contribution in [1.29, 1.82) is 0 Å². The first kappa shape index (κ1) is 7.53. The van der Waals surface area contributed by atoms with Gasteiger partial charge in [0.1, 0.15) is 0 Å². The van der Waals surface area contributed by atoms with Crippen LogP contribution in [0.4, 0.5) is 11.4 Å². The van der Waals surface area contributed by atoms with E-state index in [1.807, 2.05) is 0 Å². The van der Waals surface area contributed by atoms with Gasteiger partial charge in [-0.25, -0.2) is 0 Å². The molecule has 0 aromatic heterocycles. The molecule has 0 aliphatic heterocycles. The molecule has 0 atom stereocenters. The lowest BCUT2D eigenvalue weighted by Gasteiger charge is -2.04. The Balaban J connectivity index is 3.09. The van der Waals surface area contributed by atoms with Crippen LogP contribution < -0.4 is 11.2 Å². The number of rotatable bonds is 1. The molecular formula is C6H7BrN2O. The van der Waals surface area contributed by atoms with Gasteiger partial charge in [0, 0.05) is 10.5 Å². The third kappa shape index (κ3) is 1.47. The summed E-state index contributed by atoms with van der Waals surface area (Å²) in [5.41, 5.74) is 7.22. The van der Waals surface area contributed by atoms with Crippen molar-refractivity contribution in [3.05, 3.63) is 27.9 Å². The molecule has 0 fully saturated rings. The minimum absolute atomic E-state index is 0.512. The molecule has 3 nitrogen and oxygen atoms in total. The van der Waals surface area contributed by atoms with E-state index < -0.39 is 0 Å². The first-order chi connectivity index (χ1) is 4.74. The molecule has 0 aliphatic carbocycles. The van der Waals surface area contributed by atoms with E-state index in [-0.39, 0.29) is 0 Å². The number of halogens is 1. The van der Waals surface area contributed by atoms with Gasteiger partial charge in [0.15, 0.2) is 5.69 Å². The predicted molar refractivity (Wildman–Crippen MR) is 43.5 cm³/mol. The van der Waals surface area contributed by atoms with Crippen LogP contribution in [0.25, 0.3) is 0 Å². The van der Waals surface area contributed by atoms with E-state index in [0.717, 1.165) is 9.95 Å². The third-order valence-corrected chi connectivity index (χ3v) is 1.67. The van der Waals surface area contributed by atoms with Crippen molar-refractivity contribution >= 4 is 27.3 Å². The molecule has 4 heteroatoms. The van der Waals surface area contributed by atoms with Crippen LogP contribution in [-0.2, 0) is 0 Å². The SMILES string of the molecule is Nc1ccc(Br)cc1[NH2+][O-]. The van der Waals surface area contributed by atoms with Crippen LogP contribution in [-0.4, -0.2) is 0 Å². The zero-order valence-corrected chi connectivity index (χ0v) is 6.76. The Morgan fingerprint density at radius 2 is 2.20 bits per heavy atom. The molecule has 0 saturated carbocycles. The molecule has 0 aliphatic rings. The summed E-state index contributed by atoms with van der Waals surface area (Å²) in [6, 6.07) is 5.17. The van der Waals surface area contributed by atoms with E-state index in [0.29, 0.717) is 11.4 Å². The fraction of sp³-hybridized carbons (Fsp3) is 0. The highest BCUT2D eigenvalue weighted by Crippen LogP contribution is 2.18. The van der Waals surface area contributed by atoms with Gasteiger partial charge in [-0.1, -0.05) is 15.9 Å². The Bertz CT molecular complexity index is 239. The Morgan fingerprint density at radius 3 is 2.70 bits per heavy atom. The predicted octanol–water partition coefficient (Wildman–Crippen LogP) is 0.724. The number of hydrogen-bond acceptors (Lipinski definition) is 2. The number of hydrogen-bond donors (Lipinski definition) is 2. The first-order valence-corrected chi connectivity index (χ1v) is 3.53. The van der Waals surface area contributed by atoms with Gasteiger partial charge < -0.3 is 16.4 Å². The van der Waals surface area contributed by atoms with Crippen molar-refractivity contribution in [1.82, 2.24) is 0 Å².